The van der Waals surface area contributed by atoms with E-state index < -0.39 is 5.54 Å². The quantitative estimate of drug-likeness (QED) is 0.811. The number of carbonyl (C=O) groups excluding carboxylic acids is 1. The van der Waals surface area contributed by atoms with Gasteiger partial charge in [-0.1, -0.05) is 24.3 Å². The normalized spacial score (nSPS) is 23.4. The number of carbonyl (C=O) groups is 1. The van der Waals surface area contributed by atoms with Gasteiger partial charge in [0.05, 0.1) is 6.61 Å². The molecule has 1 aliphatic heterocycles. The Morgan fingerprint density at radius 2 is 2.17 bits per heavy atom. The summed E-state index contributed by atoms with van der Waals surface area (Å²) in [6.45, 7) is 0.829. The van der Waals surface area contributed by atoms with Crippen LogP contribution in [-0.2, 0) is 4.74 Å². The Balaban J connectivity index is 2.12. The number of hydrogen-bond acceptors (Lipinski definition) is 4. The van der Waals surface area contributed by atoms with Gasteiger partial charge in [-0.15, -0.1) is 0 Å². The van der Waals surface area contributed by atoms with E-state index in [1.807, 2.05) is 24.3 Å². The van der Waals surface area contributed by atoms with Gasteiger partial charge in [-0.3, -0.25) is 9.78 Å². The lowest BCUT2D eigenvalue weighted by molar-refractivity contribution is 0.0864. The fourth-order valence-corrected chi connectivity index (χ4v) is 2.33. The Bertz CT molecular complexity index is 598. The second-order valence-corrected chi connectivity index (χ2v) is 4.70. The van der Waals surface area contributed by atoms with Gasteiger partial charge in [0.15, 0.2) is 5.78 Å². The third kappa shape index (κ3) is 1.70. The molecule has 18 heavy (non-hydrogen) atoms. The smallest absolute Gasteiger partial charge is 0.187 e. The molecule has 1 saturated heterocycles. The summed E-state index contributed by atoms with van der Waals surface area (Å²) in [7, 11) is 0. The molecule has 0 bridgehead atoms. The number of fused-ring (bicyclic) bond motifs is 1. The van der Waals surface area contributed by atoms with Gasteiger partial charge in [-0.2, -0.15) is 0 Å². The molecule has 0 spiro atoms. The average molecular weight is 242 g/mol. The molecule has 1 aliphatic rings. The number of aromatic nitrogens is 1. The van der Waals surface area contributed by atoms with E-state index in [9.17, 15) is 4.79 Å². The number of ketones is 1. The monoisotopic (exact) mass is 242 g/mol. The van der Waals surface area contributed by atoms with Gasteiger partial charge in [0.1, 0.15) is 5.54 Å². The van der Waals surface area contributed by atoms with Crippen LogP contribution in [-0.4, -0.2) is 29.5 Å². The molecular formula is C14H14N2O2. The molecule has 0 amide bonds. The molecule has 92 valence electrons. The summed E-state index contributed by atoms with van der Waals surface area (Å²) in [5.41, 5.74) is 5.81. The molecule has 2 aromatic rings. The average Bonchev–Trinajstić information content (AvgIpc) is 2.85. The van der Waals surface area contributed by atoms with E-state index in [0.29, 0.717) is 18.6 Å². The van der Waals surface area contributed by atoms with Gasteiger partial charge in [0, 0.05) is 30.0 Å². The third-order valence-corrected chi connectivity index (χ3v) is 3.42. The number of pyridine rings is 1. The van der Waals surface area contributed by atoms with Crippen molar-refractivity contribution >= 4 is 16.6 Å². The first kappa shape index (κ1) is 11.3. The molecule has 1 aromatic carbocycles. The summed E-state index contributed by atoms with van der Waals surface area (Å²) in [5.74, 6) is -0.0794. The second kappa shape index (κ2) is 4.15. The first-order chi connectivity index (χ1) is 8.71. The van der Waals surface area contributed by atoms with Crippen molar-refractivity contribution in [3.63, 3.8) is 0 Å². The van der Waals surface area contributed by atoms with Gasteiger partial charge in [0.2, 0.25) is 0 Å². The van der Waals surface area contributed by atoms with Gasteiger partial charge < -0.3 is 10.5 Å². The minimum Gasteiger partial charge on any atom is -0.379 e. The summed E-state index contributed by atoms with van der Waals surface area (Å²) in [5, 5.41) is 1.85. The second-order valence-electron chi connectivity index (χ2n) is 4.70. The number of nitrogens with zero attached hydrogens (tertiary/aromatic N) is 1. The lowest BCUT2D eigenvalue weighted by Gasteiger charge is -2.20. The molecule has 4 heteroatoms. The first-order valence-corrected chi connectivity index (χ1v) is 5.95. The molecule has 0 radical (unpaired) electrons. The predicted molar refractivity (Wildman–Crippen MR) is 68.4 cm³/mol. The minimum absolute atomic E-state index is 0.0794. The third-order valence-electron chi connectivity index (χ3n) is 3.42. The molecule has 1 unspecified atom stereocenters. The maximum atomic E-state index is 12.5. The van der Waals surface area contributed by atoms with Crippen LogP contribution < -0.4 is 5.73 Å². The van der Waals surface area contributed by atoms with Crippen molar-refractivity contribution in [3.8, 4) is 0 Å². The lowest BCUT2D eigenvalue weighted by Crippen LogP contribution is -2.48. The van der Waals surface area contributed by atoms with Gasteiger partial charge in [-0.05, 0) is 11.8 Å². The molecule has 0 saturated carbocycles. The van der Waals surface area contributed by atoms with Crippen LogP contribution in [0, 0.1) is 0 Å². The largest absolute Gasteiger partial charge is 0.379 e. The van der Waals surface area contributed by atoms with Crippen LogP contribution in [0.1, 0.15) is 16.8 Å². The number of rotatable bonds is 2. The SMILES string of the molecule is NC1(C(=O)c2cncc3ccccc23)CCOC1. The van der Waals surface area contributed by atoms with Crippen molar-refractivity contribution < 1.29 is 9.53 Å². The van der Waals surface area contributed by atoms with E-state index in [0.717, 1.165) is 10.8 Å². The van der Waals surface area contributed by atoms with Crippen LogP contribution in [0.2, 0.25) is 0 Å². The molecule has 0 aliphatic carbocycles. The van der Waals surface area contributed by atoms with Crippen LogP contribution in [0.5, 0.6) is 0 Å². The number of hydrogen-bond donors (Lipinski definition) is 1. The Morgan fingerprint density at radius 3 is 2.94 bits per heavy atom. The van der Waals surface area contributed by atoms with E-state index >= 15 is 0 Å². The number of ether oxygens (including phenoxy) is 1. The molecule has 3 rings (SSSR count). The van der Waals surface area contributed by atoms with Crippen LogP contribution >= 0.6 is 0 Å². The van der Waals surface area contributed by atoms with Crippen molar-refractivity contribution in [3.05, 3.63) is 42.2 Å². The van der Waals surface area contributed by atoms with Crippen molar-refractivity contribution in [1.29, 1.82) is 0 Å². The van der Waals surface area contributed by atoms with Gasteiger partial charge >= 0.3 is 0 Å². The molecule has 1 fully saturated rings. The van der Waals surface area contributed by atoms with Crippen LogP contribution in [0.25, 0.3) is 10.8 Å². The van der Waals surface area contributed by atoms with E-state index in [1.165, 1.54) is 0 Å². The summed E-state index contributed by atoms with van der Waals surface area (Å²) < 4.78 is 5.25. The Hall–Kier alpha value is -1.78. The summed E-state index contributed by atoms with van der Waals surface area (Å²) >= 11 is 0. The van der Waals surface area contributed by atoms with Crippen molar-refractivity contribution in [2.75, 3.05) is 13.2 Å². The first-order valence-electron chi connectivity index (χ1n) is 5.95. The topological polar surface area (TPSA) is 65.2 Å². The molecule has 2 N–H and O–H groups in total. The van der Waals surface area contributed by atoms with E-state index in [-0.39, 0.29) is 12.4 Å². The summed E-state index contributed by atoms with van der Waals surface area (Å²) in [6.07, 6.45) is 3.91. The van der Waals surface area contributed by atoms with Crippen LogP contribution in [0.4, 0.5) is 0 Å². The standard InChI is InChI=1S/C14H14N2O2/c15-14(5-6-18-9-14)13(17)12-8-16-7-10-3-1-2-4-11(10)12/h1-4,7-8H,5-6,9,15H2. The fourth-order valence-electron chi connectivity index (χ4n) is 2.33. The Kier molecular flexibility index (Phi) is 2.61. The number of benzene rings is 1. The van der Waals surface area contributed by atoms with Crippen molar-refractivity contribution in [2.24, 2.45) is 5.73 Å². The fraction of sp³-hybridized carbons (Fsp3) is 0.286. The summed E-state index contributed by atoms with van der Waals surface area (Å²) in [6, 6.07) is 7.69. The maximum Gasteiger partial charge on any atom is 0.187 e. The van der Waals surface area contributed by atoms with E-state index in [4.69, 9.17) is 10.5 Å². The van der Waals surface area contributed by atoms with Gasteiger partial charge in [-0.25, -0.2) is 0 Å². The van der Waals surface area contributed by atoms with Crippen LogP contribution in [0.3, 0.4) is 0 Å². The molecule has 1 aromatic heterocycles. The molecule has 2 heterocycles. The highest BCUT2D eigenvalue weighted by Gasteiger charge is 2.39. The highest BCUT2D eigenvalue weighted by atomic mass is 16.5. The summed E-state index contributed by atoms with van der Waals surface area (Å²) in [4.78, 5) is 16.7. The van der Waals surface area contributed by atoms with E-state index in [1.54, 1.807) is 12.4 Å². The highest BCUT2D eigenvalue weighted by molar-refractivity contribution is 6.12. The zero-order chi connectivity index (χ0) is 12.6. The molecular weight excluding hydrogens is 228 g/mol. The Morgan fingerprint density at radius 1 is 1.33 bits per heavy atom. The lowest BCUT2D eigenvalue weighted by atomic mass is 9.88. The molecule has 1 atom stereocenters. The number of nitrogens with two attached hydrogens (primary N) is 1. The molecule has 4 nitrogen and oxygen atoms in total. The zero-order valence-electron chi connectivity index (χ0n) is 9.93. The maximum absolute atomic E-state index is 12.5. The van der Waals surface area contributed by atoms with E-state index in [2.05, 4.69) is 4.98 Å². The van der Waals surface area contributed by atoms with Crippen molar-refractivity contribution in [1.82, 2.24) is 4.98 Å². The van der Waals surface area contributed by atoms with Crippen LogP contribution in [0.15, 0.2) is 36.7 Å². The minimum atomic E-state index is -0.897. The number of Topliss-reactive ketones (excluding diaryl/α,β-unsaturated/α-hetero) is 1. The predicted octanol–water partition coefficient (Wildman–Crippen LogP) is 1.54. The zero-order valence-corrected chi connectivity index (χ0v) is 9.93. The highest BCUT2D eigenvalue weighted by Crippen LogP contribution is 2.25. The van der Waals surface area contributed by atoms with Gasteiger partial charge in [0.25, 0.3) is 0 Å². The van der Waals surface area contributed by atoms with Crippen molar-refractivity contribution in [2.45, 2.75) is 12.0 Å². The Labute approximate surface area is 105 Å².